The van der Waals surface area contributed by atoms with Gasteiger partial charge in [-0.05, 0) is 42.2 Å². The van der Waals surface area contributed by atoms with E-state index in [-0.39, 0.29) is 35.5 Å². The summed E-state index contributed by atoms with van der Waals surface area (Å²) in [5.41, 5.74) is 2.95. The molecule has 0 aromatic heterocycles. The minimum atomic E-state index is -0.420. The molecular formula is C18H16N2O3. The Morgan fingerprint density at radius 2 is 1.52 bits per heavy atom. The maximum Gasteiger partial charge on any atom is 0.270 e. The molecule has 5 aliphatic rings. The van der Waals surface area contributed by atoms with E-state index >= 15 is 0 Å². The highest BCUT2D eigenvalue weighted by Gasteiger charge is 2.67. The van der Waals surface area contributed by atoms with Gasteiger partial charge in [-0.3, -0.25) is 19.8 Å². The van der Waals surface area contributed by atoms with Crippen LogP contribution in [-0.2, 0) is 9.59 Å². The largest absolute Gasteiger partial charge is 0.272 e. The second kappa shape index (κ2) is 4.31. The summed E-state index contributed by atoms with van der Waals surface area (Å²) in [6, 6.07) is 8.63. The maximum absolute atomic E-state index is 12.7. The maximum atomic E-state index is 12.7. The Morgan fingerprint density at radius 1 is 0.957 bits per heavy atom. The van der Waals surface area contributed by atoms with Crippen molar-refractivity contribution in [1.82, 2.24) is 10.4 Å². The topological polar surface area (TPSA) is 66.5 Å². The third-order valence-corrected chi connectivity index (χ3v) is 5.91. The van der Waals surface area contributed by atoms with Crippen LogP contribution in [-0.4, -0.2) is 22.7 Å². The number of hydrazine groups is 1. The van der Waals surface area contributed by atoms with Gasteiger partial charge in [-0.2, -0.15) is 5.01 Å². The molecule has 0 unspecified atom stereocenters. The summed E-state index contributed by atoms with van der Waals surface area (Å²) < 4.78 is 0. The number of allylic oxidation sites excluding steroid dienone is 2. The molecule has 1 aliphatic heterocycles. The fraction of sp³-hybridized carbons (Fsp3) is 0.389. The van der Waals surface area contributed by atoms with Crippen molar-refractivity contribution in [3.05, 3.63) is 48.0 Å². The third-order valence-electron chi connectivity index (χ3n) is 5.91. The zero-order valence-electron chi connectivity index (χ0n) is 12.4. The summed E-state index contributed by atoms with van der Waals surface area (Å²) in [7, 11) is 0. The van der Waals surface area contributed by atoms with E-state index in [9.17, 15) is 14.4 Å². The van der Waals surface area contributed by atoms with Gasteiger partial charge < -0.3 is 0 Å². The Balaban J connectivity index is 1.42. The minimum absolute atomic E-state index is 0.171. The molecule has 1 aromatic rings. The molecule has 116 valence electrons. The van der Waals surface area contributed by atoms with Gasteiger partial charge in [-0.1, -0.05) is 30.4 Å². The second-order valence-corrected chi connectivity index (χ2v) is 6.97. The van der Waals surface area contributed by atoms with Gasteiger partial charge in [0.2, 0.25) is 0 Å². The van der Waals surface area contributed by atoms with E-state index in [1.54, 1.807) is 24.3 Å². The first-order chi connectivity index (χ1) is 11.2. The highest BCUT2D eigenvalue weighted by Crippen LogP contribution is 2.65. The zero-order chi connectivity index (χ0) is 15.7. The lowest BCUT2D eigenvalue weighted by Crippen LogP contribution is -2.46. The Hall–Kier alpha value is -2.43. The number of benzene rings is 1. The van der Waals surface area contributed by atoms with Crippen molar-refractivity contribution in [2.24, 2.45) is 35.5 Å². The van der Waals surface area contributed by atoms with Crippen molar-refractivity contribution in [3.63, 3.8) is 0 Å². The predicted molar refractivity (Wildman–Crippen MR) is 80.5 cm³/mol. The van der Waals surface area contributed by atoms with Crippen LogP contribution in [0.1, 0.15) is 16.8 Å². The average Bonchev–Trinajstić information content (AvgIpc) is 3.37. The molecule has 6 atom stereocenters. The lowest BCUT2D eigenvalue weighted by molar-refractivity contribution is -0.143. The van der Waals surface area contributed by atoms with E-state index in [4.69, 9.17) is 0 Å². The first kappa shape index (κ1) is 13.0. The van der Waals surface area contributed by atoms with Crippen LogP contribution in [0.2, 0.25) is 0 Å². The Morgan fingerprint density at radius 3 is 2.09 bits per heavy atom. The van der Waals surface area contributed by atoms with Crippen LogP contribution in [0.25, 0.3) is 0 Å². The van der Waals surface area contributed by atoms with Gasteiger partial charge in [0.05, 0.1) is 11.8 Å². The van der Waals surface area contributed by atoms with Crippen LogP contribution in [0.5, 0.6) is 0 Å². The van der Waals surface area contributed by atoms with E-state index in [1.165, 1.54) is 0 Å². The van der Waals surface area contributed by atoms with Crippen LogP contribution in [0, 0.1) is 35.5 Å². The Kier molecular flexibility index (Phi) is 2.45. The van der Waals surface area contributed by atoms with Crippen molar-refractivity contribution in [2.45, 2.75) is 6.42 Å². The number of nitrogens with zero attached hydrogens (tertiary/aromatic N) is 1. The summed E-state index contributed by atoms with van der Waals surface area (Å²) in [6.07, 6.45) is 5.37. The van der Waals surface area contributed by atoms with Crippen molar-refractivity contribution >= 4 is 17.7 Å². The zero-order valence-corrected chi connectivity index (χ0v) is 12.4. The molecule has 1 saturated heterocycles. The van der Waals surface area contributed by atoms with E-state index in [2.05, 4.69) is 17.6 Å². The molecular weight excluding hydrogens is 292 g/mol. The molecule has 0 spiro atoms. The molecule has 6 rings (SSSR count). The van der Waals surface area contributed by atoms with Gasteiger partial charge >= 0.3 is 0 Å². The molecule has 23 heavy (non-hydrogen) atoms. The number of hydrogen-bond acceptors (Lipinski definition) is 3. The van der Waals surface area contributed by atoms with E-state index in [1.807, 2.05) is 6.07 Å². The third kappa shape index (κ3) is 1.65. The van der Waals surface area contributed by atoms with Crippen LogP contribution in [0.15, 0.2) is 42.5 Å². The number of rotatable bonds is 2. The molecule has 2 saturated carbocycles. The molecule has 5 nitrogen and oxygen atoms in total. The first-order valence-electron chi connectivity index (χ1n) is 8.09. The summed E-state index contributed by atoms with van der Waals surface area (Å²) in [4.78, 5) is 37.7. The number of carbonyl (C=O) groups is 3. The van der Waals surface area contributed by atoms with Gasteiger partial charge in [0.25, 0.3) is 17.7 Å². The molecule has 3 amide bonds. The van der Waals surface area contributed by atoms with Crippen molar-refractivity contribution in [2.75, 3.05) is 0 Å². The number of imide groups is 1. The molecule has 0 radical (unpaired) electrons. The summed E-state index contributed by atoms with van der Waals surface area (Å²) >= 11 is 0. The second-order valence-electron chi connectivity index (χ2n) is 6.97. The molecule has 1 aromatic carbocycles. The van der Waals surface area contributed by atoms with Gasteiger partial charge in [-0.25, -0.2) is 0 Å². The van der Waals surface area contributed by atoms with Gasteiger partial charge in [0.15, 0.2) is 0 Å². The lowest BCUT2D eigenvalue weighted by Gasteiger charge is -2.37. The fourth-order valence-electron chi connectivity index (χ4n) is 4.82. The van der Waals surface area contributed by atoms with Crippen LogP contribution in [0.4, 0.5) is 0 Å². The van der Waals surface area contributed by atoms with Crippen LogP contribution >= 0.6 is 0 Å². The Labute approximate surface area is 133 Å². The smallest absolute Gasteiger partial charge is 0.270 e. The standard InChI is InChI=1S/C18H16N2O3/c21-16(9-4-2-1-3-5-9)19-20-17(22)14-10-6-7-11(13-8-12(10)13)15(14)18(20)23/h1-7,10-15H,8H2,(H,19,21)/t10-,11-,12-,13-,14+,15+/m1/s1. The summed E-state index contributed by atoms with van der Waals surface area (Å²) in [6.45, 7) is 0. The SMILES string of the molecule is O=C(NN1C(=O)[C@H]2[C@@H]3C=C[C@H]([C@H]4C[C@H]34)[C@@H]2C1=O)c1ccccc1. The number of hydrogen-bond donors (Lipinski definition) is 1. The molecule has 4 aliphatic carbocycles. The average molecular weight is 308 g/mol. The predicted octanol–water partition coefficient (Wildman–Crippen LogP) is 1.38. The lowest BCUT2D eigenvalue weighted by atomic mass is 9.63. The van der Waals surface area contributed by atoms with Crippen molar-refractivity contribution < 1.29 is 14.4 Å². The number of amides is 3. The first-order valence-corrected chi connectivity index (χ1v) is 8.09. The summed E-state index contributed by atoms with van der Waals surface area (Å²) in [5.74, 6) is 0.00438. The molecule has 1 N–H and O–H groups in total. The Bertz CT molecular complexity index is 721. The quantitative estimate of drug-likeness (QED) is 0.663. The minimum Gasteiger partial charge on any atom is -0.272 e. The van der Waals surface area contributed by atoms with Gasteiger partial charge in [0.1, 0.15) is 0 Å². The van der Waals surface area contributed by atoms with Gasteiger partial charge in [-0.15, -0.1) is 0 Å². The van der Waals surface area contributed by atoms with E-state index in [0.29, 0.717) is 17.4 Å². The highest BCUT2D eigenvalue weighted by atomic mass is 16.2. The van der Waals surface area contributed by atoms with Gasteiger partial charge in [0, 0.05) is 5.56 Å². The van der Waals surface area contributed by atoms with Crippen LogP contribution < -0.4 is 5.43 Å². The van der Waals surface area contributed by atoms with E-state index in [0.717, 1.165) is 11.4 Å². The summed E-state index contributed by atoms with van der Waals surface area (Å²) in [5, 5.41) is 0.975. The molecule has 2 bridgehead atoms. The van der Waals surface area contributed by atoms with Crippen LogP contribution in [0.3, 0.4) is 0 Å². The monoisotopic (exact) mass is 308 g/mol. The normalized spacial score (nSPS) is 39.2. The van der Waals surface area contributed by atoms with Crippen molar-refractivity contribution in [1.29, 1.82) is 0 Å². The van der Waals surface area contributed by atoms with Crippen molar-refractivity contribution in [3.8, 4) is 0 Å². The molecule has 5 heteroatoms. The highest BCUT2D eigenvalue weighted by molar-refractivity contribution is 6.08. The fourth-order valence-corrected chi connectivity index (χ4v) is 4.82. The number of carbonyl (C=O) groups excluding carboxylic acids is 3. The number of nitrogens with one attached hydrogen (secondary N) is 1. The molecule has 1 heterocycles. The molecule has 3 fully saturated rings. The van der Waals surface area contributed by atoms with E-state index < -0.39 is 5.91 Å².